The van der Waals surface area contributed by atoms with Gasteiger partial charge in [0.25, 0.3) is 0 Å². The number of aromatic hydroxyl groups is 1. The van der Waals surface area contributed by atoms with E-state index in [0.29, 0.717) is 17.7 Å². The van der Waals surface area contributed by atoms with Crippen LogP contribution in [0.1, 0.15) is 35.3 Å². The van der Waals surface area contributed by atoms with Crippen LogP contribution in [0.5, 0.6) is 11.5 Å². The van der Waals surface area contributed by atoms with Gasteiger partial charge in [0.1, 0.15) is 11.5 Å². The Labute approximate surface area is 147 Å². The van der Waals surface area contributed by atoms with E-state index in [0.717, 1.165) is 16.7 Å². The smallest absolute Gasteiger partial charge is 0.337 e. The highest BCUT2D eigenvalue weighted by molar-refractivity contribution is 5.91. The Balaban J connectivity index is 2.63. The Hall–Kier alpha value is -2.53. The van der Waals surface area contributed by atoms with Crippen LogP contribution in [0.15, 0.2) is 30.3 Å². The number of aliphatic hydroxyl groups is 1. The average molecular weight is 344 g/mol. The number of methoxy groups -OCH3 is 2. The highest BCUT2D eigenvalue weighted by Crippen LogP contribution is 2.38. The van der Waals surface area contributed by atoms with Gasteiger partial charge in [-0.15, -0.1) is 0 Å². The van der Waals surface area contributed by atoms with Crippen molar-refractivity contribution < 1.29 is 24.5 Å². The lowest BCUT2D eigenvalue weighted by Gasteiger charge is -2.22. The predicted octanol–water partition coefficient (Wildman–Crippen LogP) is 3.48. The van der Waals surface area contributed by atoms with Crippen molar-refractivity contribution in [2.75, 3.05) is 14.2 Å². The van der Waals surface area contributed by atoms with Crippen LogP contribution in [0.3, 0.4) is 0 Å². The zero-order chi connectivity index (χ0) is 18.8. The molecule has 2 aromatic carbocycles. The second-order valence-electron chi connectivity index (χ2n) is 6.69. The Bertz CT molecular complexity index is 787. The molecule has 0 saturated heterocycles. The fraction of sp³-hybridized carbons (Fsp3) is 0.350. The summed E-state index contributed by atoms with van der Waals surface area (Å²) in [5.74, 6) is 0.157. The SMILES string of the molecule is COC(=O)c1ccc(-c2c(C)cc(OC)cc2CC(C)(C)O)c(O)c1. The molecule has 0 unspecified atom stereocenters. The molecule has 0 fully saturated rings. The summed E-state index contributed by atoms with van der Waals surface area (Å²) in [6, 6.07) is 8.41. The average Bonchev–Trinajstić information content (AvgIpc) is 2.53. The van der Waals surface area contributed by atoms with E-state index in [9.17, 15) is 15.0 Å². The number of aryl methyl sites for hydroxylation is 1. The lowest BCUT2D eigenvalue weighted by molar-refractivity contribution is 0.0600. The number of hydrogen-bond donors (Lipinski definition) is 2. The van der Waals surface area contributed by atoms with Gasteiger partial charge in [-0.05, 0) is 67.8 Å². The molecule has 5 nitrogen and oxygen atoms in total. The zero-order valence-electron chi connectivity index (χ0n) is 15.2. The molecule has 0 heterocycles. The minimum atomic E-state index is -0.921. The van der Waals surface area contributed by atoms with E-state index in [4.69, 9.17) is 4.74 Å². The van der Waals surface area contributed by atoms with Crippen LogP contribution in [0.2, 0.25) is 0 Å². The largest absolute Gasteiger partial charge is 0.507 e. The molecule has 0 atom stereocenters. The molecule has 2 rings (SSSR count). The third-order valence-corrected chi connectivity index (χ3v) is 3.94. The molecule has 2 aromatic rings. The third kappa shape index (κ3) is 4.31. The van der Waals surface area contributed by atoms with E-state index in [2.05, 4.69) is 4.74 Å². The number of rotatable bonds is 5. The maximum atomic E-state index is 11.6. The molecule has 0 aliphatic heterocycles. The van der Waals surface area contributed by atoms with Crippen molar-refractivity contribution in [2.45, 2.75) is 32.8 Å². The van der Waals surface area contributed by atoms with Gasteiger partial charge in [0.15, 0.2) is 0 Å². The summed E-state index contributed by atoms with van der Waals surface area (Å²) in [6.45, 7) is 5.37. The fourth-order valence-corrected chi connectivity index (χ4v) is 2.92. The summed E-state index contributed by atoms with van der Waals surface area (Å²) in [5, 5.41) is 20.7. The number of hydrogen-bond acceptors (Lipinski definition) is 5. The molecular weight excluding hydrogens is 320 g/mol. The Morgan fingerprint density at radius 2 is 1.84 bits per heavy atom. The van der Waals surface area contributed by atoms with E-state index < -0.39 is 11.6 Å². The maximum absolute atomic E-state index is 11.6. The first kappa shape index (κ1) is 18.8. The summed E-state index contributed by atoms with van der Waals surface area (Å²) < 4.78 is 10.0. The first-order valence-electron chi connectivity index (χ1n) is 7.98. The van der Waals surface area contributed by atoms with Gasteiger partial charge in [-0.25, -0.2) is 4.79 Å². The van der Waals surface area contributed by atoms with Crippen molar-refractivity contribution in [2.24, 2.45) is 0 Å². The number of phenols is 1. The molecule has 0 bridgehead atoms. The number of ether oxygens (including phenoxy) is 2. The Kier molecular flexibility index (Phi) is 5.38. The second-order valence-corrected chi connectivity index (χ2v) is 6.69. The summed E-state index contributed by atoms with van der Waals surface area (Å²) in [7, 11) is 2.88. The lowest BCUT2D eigenvalue weighted by Crippen LogP contribution is -2.22. The summed E-state index contributed by atoms with van der Waals surface area (Å²) in [4.78, 5) is 11.6. The Morgan fingerprint density at radius 3 is 2.36 bits per heavy atom. The Morgan fingerprint density at radius 1 is 1.16 bits per heavy atom. The molecular formula is C20H24O5. The standard InChI is InChI=1S/C20H24O5/c1-12-8-15(24-4)9-14(11-20(2,3)23)18(12)16-7-6-13(10-17(16)21)19(22)25-5/h6-10,21,23H,11H2,1-5H3. The van der Waals surface area contributed by atoms with Gasteiger partial charge >= 0.3 is 5.97 Å². The van der Waals surface area contributed by atoms with E-state index in [-0.39, 0.29) is 11.3 Å². The van der Waals surface area contributed by atoms with Crippen LogP contribution < -0.4 is 4.74 Å². The van der Waals surface area contributed by atoms with Gasteiger partial charge in [0, 0.05) is 12.0 Å². The van der Waals surface area contributed by atoms with Crippen LogP contribution in [0, 0.1) is 6.92 Å². The topological polar surface area (TPSA) is 76.0 Å². The lowest BCUT2D eigenvalue weighted by atomic mass is 9.88. The molecule has 0 amide bonds. The summed E-state index contributed by atoms with van der Waals surface area (Å²) in [5.41, 5.74) is 2.52. The molecule has 0 aliphatic carbocycles. The number of carbonyl (C=O) groups excluding carboxylic acids is 1. The second kappa shape index (κ2) is 7.15. The molecule has 0 aliphatic rings. The van der Waals surface area contributed by atoms with Crippen LogP contribution in [0.25, 0.3) is 11.1 Å². The molecule has 5 heteroatoms. The fourth-order valence-electron chi connectivity index (χ4n) is 2.92. The van der Waals surface area contributed by atoms with Crippen LogP contribution in [0.4, 0.5) is 0 Å². The van der Waals surface area contributed by atoms with Gasteiger partial charge < -0.3 is 19.7 Å². The quantitative estimate of drug-likeness (QED) is 0.812. The minimum absolute atomic E-state index is 0.0202. The van der Waals surface area contributed by atoms with Crippen LogP contribution in [-0.2, 0) is 11.2 Å². The summed E-state index contributed by atoms with van der Waals surface area (Å²) >= 11 is 0. The minimum Gasteiger partial charge on any atom is -0.507 e. The van der Waals surface area contributed by atoms with Gasteiger partial charge in [-0.1, -0.05) is 0 Å². The van der Waals surface area contributed by atoms with Gasteiger partial charge in [-0.2, -0.15) is 0 Å². The maximum Gasteiger partial charge on any atom is 0.337 e. The van der Waals surface area contributed by atoms with Crippen molar-refractivity contribution >= 4 is 5.97 Å². The van der Waals surface area contributed by atoms with Crippen molar-refractivity contribution in [3.05, 3.63) is 47.0 Å². The molecule has 0 radical (unpaired) electrons. The van der Waals surface area contributed by atoms with Crippen LogP contribution >= 0.6 is 0 Å². The first-order valence-corrected chi connectivity index (χ1v) is 7.98. The number of benzene rings is 2. The molecule has 25 heavy (non-hydrogen) atoms. The zero-order valence-corrected chi connectivity index (χ0v) is 15.2. The number of carbonyl (C=O) groups is 1. The van der Waals surface area contributed by atoms with Crippen molar-refractivity contribution in [3.8, 4) is 22.6 Å². The number of esters is 1. The van der Waals surface area contributed by atoms with Crippen molar-refractivity contribution in [1.29, 1.82) is 0 Å². The molecule has 0 aromatic heterocycles. The molecule has 134 valence electrons. The highest BCUT2D eigenvalue weighted by Gasteiger charge is 2.21. The normalized spacial score (nSPS) is 11.3. The van der Waals surface area contributed by atoms with Crippen molar-refractivity contribution in [1.82, 2.24) is 0 Å². The van der Waals surface area contributed by atoms with Crippen LogP contribution in [-0.4, -0.2) is 36.0 Å². The molecule has 0 spiro atoms. The van der Waals surface area contributed by atoms with E-state index >= 15 is 0 Å². The monoisotopic (exact) mass is 344 g/mol. The molecule has 2 N–H and O–H groups in total. The molecule has 0 saturated carbocycles. The van der Waals surface area contributed by atoms with Gasteiger partial charge in [0.2, 0.25) is 0 Å². The van der Waals surface area contributed by atoms with Crippen molar-refractivity contribution in [3.63, 3.8) is 0 Å². The van der Waals surface area contributed by atoms with Gasteiger partial charge in [-0.3, -0.25) is 0 Å². The van der Waals surface area contributed by atoms with Gasteiger partial charge in [0.05, 0.1) is 25.4 Å². The van der Waals surface area contributed by atoms with E-state index in [1.54, 1.807) is 33.1 Å². The summed E-state index contributed by atoms with van der Waals surface area (Å²) in [6.07, 6.45) is 0.387. The predicted molar refractivity (Wildman–Crippen MR) is 96.2 cm³/mol. The van der Waals surface area contributed by atoms with E-state index in [1.165, 1.54) is 13.2 Å². The van der Waals surface area contributed by atoms with E-state index in [1.807, 2.05) is 19.1 Å². The number of phenolic OH excluding ortho intramolecular Hbond substituents is 1. The first-order chi connectivity index (χ1) is 11.7. The third-order valence-electron chi connectivity index (χ3n) is 3.94. The highest BCUT2D eigenvalue weighted by atomic mass is 16.5.